The number of halogens is 1. The van der Waals surface area contributed by atoms with Gasteiger partial charge in [-0.25, -0.2) is 4.79 Å². The quantitative estimate of drug-likeness (QED) is 0.694. The Morgan fingerprint density at radius 3 is 2.96 bits per heavy atom. The molecule has 0 aliphatic carbocycles. The van der Waals surface area contributed by atoms with Crippen LogP contribution in [0.2, 0.25) is 0 Å². The molecule has 5 nitrogen and oxygen atoms in total. The number of allylic oxidation sites excluding steroid dienone is 1. The zero-order chi connectivity index (χ0) is 16.4. The second kappa shape index (κ2) is 7.96. The van der Waals surface area contributed by atoms with Crippen molar-refractivity contribution in [2.75, 3.05) is 6.54 Å². The van der Waals surface area contributed by atoms with E-state index in [1.165, 1.54) is 0 Å². The molecule has 1 aromatic heterocycles. The summed E-state index contributed by atoms with van der Waals surface area (Å²) in [5, 5.41) is 23.3. The Morgan fingerprint density at radius 2 is 2.25 bits per heavy atom. The molecule has 2 atom stereocenters. The minimum atomic E-state index is -0.930. The van der Waals surface area contributed by atoms with Crippen molar-refractivity contribution in [2.45, 2.75) is 39.0 Å². The molecule has 6 heteroatoms. The van der Waals surface area contributed by atoms with Gasteiger partial charge in [-0.3, -0.25) is 0 Å². The Morgan fingerprint density at radius 1 is 1.46 bits per heavy atom. The van der Waals surface area contributed by atoms with Gasteiger partial charge in [-0.05, 0) is 41.4 Å². The van der Waals surface area contributed by atoms with Crippen molar-refractivity contribution in [3.8, 4) is 0 Å². The number of benzene rings is 1. The molecule has 3 N–H and O–H groups in total. The lowest BCUT2D eigenvalue weighted by atomic mass is 10.0. The van der Waals surface area contributed by atoms with E-state index in [-0.39, 0.29) is 19.6 Å². The van der Waals surface area contributed by atoms with Gasteiger partial charge in [0.05, 0.1) is 23.2 Å². The van der Waals surface area contributed by atoms with Gasteiger partial charge < -0.3 is 20.1 Å². The Hall–Kier alpha value is -1.63. The van der Waals surface area contributed by atoms with Crippen LogP contribution in [0.4, 0.5) is 0 Å². The van der Waals surface area contributed by atoms with Crippen molar-refractivity contribution in [3.63, 3.8) is 0 Å². The maximum absolute atomic E-state index is 11.4. The van der Waals surface area contributed by atoms with Crippen molar-refractivity contribution in [1.82, 2.24) is 9.88 Å². The first-order valence-corrected chi connectivity index (χ1v) is 8.46. The van der Waals surface area contributed by atoms with Crippen molar-refractivity contribution in [2.24, 2.45) is 0 Å². The summed E-state index contributed by atoms with van der Waals surface area (Å²) < 4.78 is 2.78. The third-order valence-electron chi connectivity index (χ3n) is 4.20. The normalized spacial score (nSPS) is 21.1. The fourth-order valence-electron chi connectivity index (χ4n) is 3.04. The molecule has 0 spiro atoms. The predicted octanol–water partition coefficient (Wildman–Crippen LogP) is 3.41. The van der Waals surface area contributed by atoms with Crippen LogP contribution < -0.4 is 5.32 Å². The first-order valence-electron chi connectivity index (χ1n) is 7.66. The van der Waals surface area contributed by atoms with Crippen molar-refractivity contribution in [3.05, 3.63) is 46.6 Å². The third-order valence-corrected chi connectivity index (χ3v) is 4.84. The fourth-order valence-corrected chi connectivity index (χ4v) is 3.64. The number of fused-ring (bicyclic) bond motifs is 1. The van der Waals surface area contributed by atoms with E-state index in [9.17, 15) is 15.0 Å². The van der Waals surface area contributed by atoms with Crippen LogP contribution in [-0.2, 0) is 6.54 Å². The van der Waals surface area contributed by atoms with Crippen molar-refractivity contribution >= 4 is 32.8 Å². The van der Waals surface area contributed by atoms with Gasteiger partial charge in [-0.15, -0.1) is 0 Å². The van der Waals surface area contributed by atoms with E-state index in [4.69, 9.17) is 0 Å². The number of hydrogen-bond acceptors (Lipinski definition) is 3. The molecule has 0 saturated carbocycles. The topological polar surface area (TPSA) is 74.5 Å². The van der Waals surface area contributed by atoms with E-state index in [0.29, 0.717) is 12.1 Å². The lowest BCUT2D eigenvalue weighted by Gasteiger charge is -2.26. The Kier molecular flexibility index (Phi) is 6.21. The standard InChI is InChI=1S/C17H19BrN2O3.CH4/c18-13-5-1-4-11-12(17(22)23)10-20(16(11)13)9-3-6-14-15(21)7-2-8-19-14;/h1,3-6,10,14-15,19,21H,2,7-9H2,(H,22,23);1H4/b6-3+;/t14-,15+;/m1./s1. The highest BCUT2D eigenvalue weighted by Crippen LogP contribution is 2.28. The molecule has 3 rings (SSSR count). The van der Waals surface area contributed by atoms with E-state index in [1.807, 2.05) is 34.9 Å². The molecule has 0 bridgehead atoms. The summed E-state index contributed by atoms with van der Waals surface area (Å²) in [5.41, 5.74) is 1.16. The Bertz CT molecular complexity index is 754. The number of aromatic nitrogens is 1. The number of nitrogens with one attached hydrogen (secondary N) is 1. The molecule has 0 unspecified atom stereocenters. The van der Waals surface area contributed by atoms with Crippen LogP contribution in [0.1, 0.15) is 30.6 Å². The number of carboxylic acid groups (broad SMARTS) is 1. The van der Waals surface area contributed by atoms with Crippen LogP contribution >= 0.6 is 15.9 Å². The van der Waals surface area contributed by atoms with Gasteiger partial charge in [-0.1, -0.05) is 31.7 Å². The molecule has 0 radical (unpaired) electrons. The molecule has 1 aliphatic rings. The van der Waals surface area contributed by atoms with E-state index < -0.39 is 5.97 Å². The number of nitrogens with zero attached hydrogens (tertiary/aromatic N) is 1. The zero-order valence-electron chi connectivity index (χ0n) is 12.6. The largest absolute Gasteiger partial charge is 0.478 e. The van der Waals surface area contributed by atoms with Gasteiger partial charge in [0.25, 0.3) is 0 Å². The molecule has 1 saturated heterocycles. The summed E-state index contributed by atoms with van der Waals surface area (Å²) in [6.07, 6.45) is 7.03. The van der Waals surface area contributed by atoms with Gasteiger partial charge in [0.2, 0.25) is 0 Å². The Balaban J connectivity index is 0.00000208. The van der Waals surface area contributed by atoms with Gasteiger partial charge >= 0.3 is 5.97 Å². The van der Waals surface area contributed by atoms with Gasteiger partial charge in [0.15, 0.2) is 0 Å². The van der Waals surface area contributed by atoms with Crippen molar-refractivity contribution in [1.29, 1.82) is 0 Å². The number of piperidine rings is 1. The predicted molar refractivity (Wildman–Crippen MR) is 99.5 cm³/mol. The fraction of sp³-hybridized carbons (Fsp3) is 0.389. The first-order chi connectivity index (χ1) is 11.1. The number of para-hydroxylation sites is 1. The number of aliphatic hydroxyl groups is 1. The maximum atomic E-state index is 11.4. The minimum Gasteiger partial charge on any atom is -0.478 e. The number of carboxylic acids is 1. The molecule has 2 heterocycles. The molecule has 24 heavy (non-hydrogen) atoms. The van der Waals surface area contributed by atoms with Crippen LogP contribution in [0.15, 0.2) is 41.0 Å². The van der Waals surface area contributed by atoms with E-state index in [2.05, 4.69) is 21.2 Å². The van der Waals surface area contributed by atoms with Crippen LogP contribution in [0.25, 0.3) is 10.9 Å². The van der Waals surface area contributed by atoms with Gasteiger partial charge in [0.1, 0.15) is 0 Å². The molecular formula is C18H23BrN2O3. The summed E-state index contributed by atoms with van der Waals surface area (Å²) >= 11 is 3.50. The number of aromatic carboxylic acids is 1. The second-order valence-electron chi connectivity index (χ2n) is 5.75. The van der Waals surface area contributed by atoms with E-state index >= 15 is 0 Å². The number of carbonyl (C=O) groups is 1. The monoisotopic (exact) mass is 394 g/mol. The summed E-state index contributed by atoms with van der Waals surface area (Å²) in [5.74, 6) is -0.930. The van der Waals surface area contributed by atoms with Gasteiger partial charge in [0, 0.05) is 22.6 Å². The van der Waals surface area contributed by atoms with E-state index in [0.717, 1.165) is 34.8 Å². The molecule has 1 fully saturated rings. The summed E-state index contributed by atoms with van der Waals surface area (Å²) in [7, 11) is 0. The number of rotatable bonds is 4. The highest BCUT2D eigenvalue weighted by atomic mass is 79.9. The Labute approximate surface area is 150 Å². The molecule has 1 aliphatic heterocycles. The van der Waals surface area contributed by atoms with Crippen LogP contribution in [0, 0.1) is 0 Å². The second-order valence-corrected chi connectivity index (χ2v) is 6.61. The van der Waals surface area contributed by atoms with Crippen LogP contribution in [0.3, 0.4) is 0 Å². The molecule has 0 amide bonds. The van der Waals surface area contributed by atoms with Crippen molar-refractivity contribution < 1.29 is 15.0 Å². The zero-order valence-corrected chi connectivity index (χ0v) is 14.2. The molecular weight excluding hydrogens is 372 g/mol. The minimum absolute atomic E-state index is 0. The average Bonchev–Trinajstić information content (AvgIpc) is 2.90. The third kappa shape index (κ3) is 3.71. The molecule has 1 aromatic carbocycles. The summed E-state index contributed by atoms with van der Waals surface area (Å²) in [6, 6.07) is 5.52. The summed E-state index contributed by atoms with van der Waals surface area (Å²) in [6.45, 7) is 1.46. The maximum Gasteiger partial charge on any atom is 0.337 e. The molecule has 2 aromatic rings. The average molecular weight is 395 g/mol. The smallest absolute Gasteiger partial charge is 0.337 e. The van der Waals surface area contributed by atoms with E-state index in [1.54, 1.807) is 6.20 Å². The SMILES string of the molecule is C.O=C(O)c1cn(C/C=C/[C@H]2NCCC[C@@H]2O)c2c(Br)cccc12. The molecule has 130 valence electrons. The highest BCUT2D eigenvalue weighted by molar-refractivity contribution is 9.10. The number of aliphatic hydroxyl groups excluding tert-OH is 1. The van der Waals surface area contributed by atoms with Crippen LogP contribution in [0.5, 0.6) is 0 Å². The van der Waals surface area contributed by atoms with Gasteiger partial charge in [-0.2, -0.15) is 0 Å². The first kappa shape index (κ1) is 18.7. The highest BCUT2D eigenvalue weighted by Gasteiger charge is 2.19. The lowest BCUT2D eigenvalue weighted by molar-refractivity contribution is 0.0699. The number of hydrogen-bond donors (Lipinski definition) is 3. The summed E-state index contributed by atoms with van der Waals surface area (Å²) in [4.78, 5) is 11.4. The van der Waals surface area contributed by atoms with Crippen LogP contribution in [-0.4, -0.2) is 39.4 Å². The lowest BCUT2D eigenvalue weighted by Crippen LogP contribution is -2.43.